The maximum absolute atomic E-state index is 12.7. The summed E-state index contributed by atoms with van der Waals surface area (Å²) in [6, 6.07) is 1.79. The number of nitrogens with one attached hydrogen (secondary N) is 1. The first-order valence-electron chi connectivity index (χ1n) is 8.15. The van der Waals surface area contributed by atoms with Crippen molar-refractivity contribution in [3.63, 3.8) is 0 Å². The van der Waals surface area contributed by atoms with Gasteiger partial charge in [-0.3, -0.25) is 14.6 Å². The van der Waals surface area contributed by atoms with E-state index in [1.807, 2.05) is 31.8 Å². The molecule has 0 saturated carbocycles. The minimum absolute atomic E-state index is 0.105. The number of aromatic nitrogens is 5. The molecule has 3 aromatic rings. The second kappa shape index (κ2) is 6.79. The summed E-state index contributed by atoms with van der Waals surface area (Å²) in [5.41, 5.74) is 4.09. The first-order valence-corrected chi connectivity index (χ1v) is 8.97. The molecule has 7 nitrogen and oxygen atoms in total. The van der Waals surface area contributed by atoms with Gasteiger partial charge < -0.3 is 4.90 Å². The number of aromatic amines is 1. The van der Waals surface area contributed by atoms with E-state index in [0.717, 1.165) is 34.1 Å². The van der Waals surface area contributed by atoms with Gasteiger partial charge in [0.1, 0.15) is 10.7 Å². The second-order valence-corrected chi connectivity index (χ2v) is 7.27. The van der Waals surface area contributed by atoms with Gasteiger partial charge in [-0.2, -0.15) is 10.2 Å². The third kappa shape index (κ3) is 3.34. The normalized spacial score (nSPS) is 11.1. The molecule has 0 radical (unpaired) electrons. The first kappa shape index (κ1) is 17.3. The van der Waals surface area contributed by atoms with Crippen LogP contribution >= 0.6 is 11.3 Å². The largest absolute Gasteiger partial charge is 0.334 e. The van der Waals surface area contributed by atoms with Gasteiger partial charge in [0.2, 0.25) is 0 Å². The number of rotatable bonds is 5. The maximum atomic E-state index is 12.7. The van der Waals surface area contributed by atoms with E-state index in [0.29, 0.717) is 12.2 Å². The van der Waals surface area contributed by atoms with Gasteiger partial charge in [-0.05, 0) is 26.3 Å². The minimum Gasteiger partial charge on any atom is -0.334 e. The maximum Gasteiger partial charge on any atom is 0.272 e. The molecule has 25 heavy (non-hydrogen) atoms. The third-order valence-corrected chi connectivity index (χ3v) is 5.37. The van der Waals surface area contributed by atoms with Crippen molar-refractivity contribution in [3.8, 4) is 11.3 Å². The summed E-state index contributed by atoms with van der Waals surface area (Å²) in [5, 5.41) is 12.5. The number of nitrogens with zero attached hydrogens (tertiary/aromatic N) is 5. The molecule has 132 valence electrons. The van der Waals surface area contributed by atoms with Crippen molar-refractivity contribution in [2.45, 2.75) is 33.7 Å². The predicted molar refractivity (Wildman–Crippen MR) is 97.6 cm³/mol. The van der Waals surface area contributed by atoms with E-state index in [9.17, 15) is 4.79 Å². The van der Waals surface area contributed by atoms with E-state index in [1.165, 1.54) is 4.88 Å². The Bertz CT molecular complexity index is 906. The van der Waals surface area contributed by atoms with E-state index < -0.39 is 0 Å². The van der Waals surface area contributed by atoms with Crippen molar-refractivity contribution in [1.82, 2.24) is 29.9 Å². The quantitative estimate of drug-likeness (QED) is 0.760. The molecule has 0 aromatic carbocycles. The van der Waals surface area contributed by atoms with Crippen LogP contribution in [0, 0.1) is 13.8 Å². The number of thiazole rings is 1. The van der Waals surface area contributed by atoms with Gasteiger partial charge in [0, 0.05) is 36.4 Å². The number of aryl methyl sites for hydroxylation is 3. The average Bonchev–Trinajstić information content (AvgIpc) is 3.28. The lowest BCUT2D eigenvalue weighted by atomic mass is 10.1. The van der Waals surface area contributed by atoms with Crippen LogP contribution in [0.1, 0.15) is 38.7 Å². The number of H-pyrrole nitrogens is 1. The van der Waals surface area contributed by atoms with E-state index in [4.69, 9.17) is 0 Å². The lowest BCUT2D eigenvalue weighted by Crippen LogP contribution is -2.26. The van der Waals surface area contributed by atoms with Crippen LogP contribution in [-0.2, 0) is 20.0 Å². The molecule has 0 atom stereocenters. The summed E-state index contributed by atoms with van der Waals surface area (Å²) >= 11 is 1.64. The molecule has 0 saturated heterocycles. The lowest BCUT2D eigenvalue weighted by molar-refractivity contribution is 0.0779. The van der Waals surface area contributed by atoms with Crippen LogP contribution in [0.2, 0.25) is 0 Å². The van der Waals surface area contributed by atoms with Crippen LogP contribution in [0.25, 0.3) is 11.3 Å². The highest BCUT2D eigenvalue weighted by Gasteiger charge is 2.20. The van der Waals surface area contributed by atoms with Crippen LogP contribution in [0.15, 0.2) is 12.3 Å². The van der Waals surface area contributed by atoms with Crippen LogP contribution in [0.5, 0.6) is 0 Å². The van der Waals surface area contributed by atoms with Crippen molar-refractivity contribution >= 4 is 17.2 Å². The Morgan fingerprint density at radius 3 is 2.76 bits per heavy atom. The molecular weight excluding hydrogens is 336 g/mol. The second-order valence-electron chi connectivity index (χ2n) is 6.07. The molecule has 3 heterocycles. The van der Waals surface area contributed by atoms with Gasteiger partial charge in [-0.1, -0.05) is 6.92 Å². The van der Waals surface area contributed by atoms with Crippen LogP contribution in [0.3, 0.4) is 0 Å². The smallest absolute Gasteiger partial charge is 0.272 e. The molecule has 0 bridgehead atoms. The van der Waals surface area contributed by atoms with Crippen LogP contribution < -0.4 is 0 Å². The Morgan fingerprint density at radius 2 is 2.16 bits per heavy atom. The van der Waals surface area contributed by atoms with E-state index >= 15 is 0 Å². The standard InChI is InChI=1S/C17H22N6OS/c1-6-12-8-18-15(25-12)9-22(4)17(24)14-7-13(19-20-14)16-10(2)21-23(5)11(16)3/h7-8H,6,9H2,1-5H3,(H,19,20). The summed E-state index contributed by atoms with van der Waals surface area (Å²) in [6.07, 6.45) is 2.84. The van der Waals surface area contributed by atoms with E-state index in [2.05, 4.69) is 27.2 Å². The topological polar surface area (TPSA) is 79.7 Å². The minimum atomic E-state index is -0.105. The zero-order chi connectivity index (χ0) is 18.1. The van der Waals surface area contributed by atoms with Gasteiger partial charge in [-0.15, -0.1) is 11.3 Å². The van der Waals surface area contributed by atoms with Crippen molar-refractivity contribution < 1.29 is 4.79 Å². The van der Waals surface area contributed by atoms with Crippen molar-refractivity contribution in [2.24, 2.45) is 7.05 Å². The predicted octanol–water partition coefficient (Wildman–Crippen LogP) is 2.72. The molecule has 0 spiro atoms. The van der Waals surface area contributed by atoms with E-state index in [-0.39, 0.29) is 5.91 Å². The van der Waals surface area contributed by atoms with Crippen molar-refractivity contribution in [2.75, 3.05) is 7.05 Å². The third-order valence-electron chi connectivity index (χ3n) is 4.24. The van der Waals surface area contributed by atoms with Gasteiger partial charge in [0.05, 0.1) is 17.9 Å². The Morgan fingerprint density at radius 1 is 1.40 bits per heavy atom. The Balaban J connectivity index is 1.78. The zero-order valence-corrected chi connectivity index (χ0v) is 15.9. The highest BCUT2D eigenvalue weighted by atomic mass is 32.1. The summed E-state index contributed by atoms with van der Waals surface area (Å²) in [4.78, 5) is 19.9. The molecule has 8 heteroatoms. The van der Waals surface area contributed by atoms with Crippen LogP contribution in [0.4, 0.5) is 0 Å². The molecule has 3 aromatic heterocycles. The molecule has 0 aliphatic carbocycles. The van der Waals surface area contributed by atoms with Crippen LogP contribution in [-0.4, -0.2) is 42.8 Å². The summed E-state index contributed by atoms with van der Waals surface area (Å²) in [5.74, 6) is -0.105. The van der Waals surface area contributed by atoms with E-state index in [1.54, 1.807) is 29.4 Å². The number of carbonyl (C=O) groups is 1. The number of hydrogen-bond acceptors (Lipinski definition) is 5. The Kier molecular flexibility index (Phi) is 4.71. The number of carbonyl (C=O) groups excluding carboxylic acids is 1. The molecule has 1 amide bonds. The first-order chi connectivity index (χ1) is 11.9. The molecular formula is C17H22N6OS. The summed E-state index contributed by atoms with van der Waals surface area (Å²) in [6.45, 7) is 6.52. The highest BCUT2D eigenvalue weighted by molar-refractivity contribution is 7.11. The van der Waals surface area contributed by atoms with Gasteiger partial charge in [0.25, 0.3) is 5.91 Å². The fourth-order valence-corrected chi connectivity index (χ4v) is 3.68. The van der Waals surface area contributed by atoms with Gasteiger partial charge >= 0.3 is 0 Å². The summed E-state index contributed by atoms with van der Waals surface area (Å²) < 4.78 is 1.82. The molecule has 0 aliphatic heterocycles. The molecule has 0 aliphatic rings. The molecule has 3 rings (SSSR count). The fraction of sp³-hybridized carbons (Fsp3) is 0.412. The van der Waals surface area contributed by atoms with Gasteiger partial charge in [0.15, 0.2) is 0 Å². The molecule has 0 fully saturated rings. The highest BCUT2D eigenvalue weighted by Crippen LogP contribution is 2.25. The number of amides is 1. The van der Waals surface area contributed by atoms with Crippen molar-refractivity contribution in [3.05, 3.63) is 39.2 Å². The summed E-state index contributed by atoms with van der Waals surface area (Å²) in [7, 11) is 3.67. The SMILES string of the molecule is CCc1cnc(CN(C)C(=O)c2cc(-c3c(C)nn(C)c3C)n[nH]2)s1. The molecule has 0 unspecified atom stereocenters. The fourth-order valence-electron chi connectivity index (χ4n) is 2.77. The van der Waals surface area contributed by atoms with Crippen molar-refractivity contribution in [1.29, 1.82) is 0 Å². The average molecular weight is 358 g/mol. The van der Waals surface area contributed by atoms with Gasteiger partial charge in [-0.25, -0.2) is 4.98 Å². The molecule has 1 N–H and O–H groups in total. The zero-order valence-electron chi connectivity index (χ0n) is 15.1. The Labute approximate surface area is 150 Å². The lowest BCUT2D eigenvalue weighted by Gasteiger charge is -2.14. The monoisotopic (exact) mass is 358 g/mol. The Hall–Kier alpha value is -2.48. The number of hydrogen-bond donors (Lipinski definition) is 1.